The lowest BCUT2D eigenvalue weighted by atomic mass is 10.0. The second kappa shape index (κ2) is 7.59. The fraction of sp³-hybridized carbons (Fsp3) is 0.438. The number of rotatable bonds is 4. The lowest BCUT2D eigenvalue weighted by molar-refractivity contribution is 0.192. The van der Waals surface area contributed by atoms with Crippen LogP contribution < -0.4 is 5.32 Å². The highest BCUT2D eigenvalue weighted by molar-refractivity contribution is 5.85. The molecule has 0 unspecified atom stereocenters. The van der Waals surface area contributed by atoms with Crippen LogP contribution in [0.4, 0.5) is 0 Å². The molecule has 3 rings (SSSR count). The fourth-order valence-electron chi connectivity index (χ4n) is 2.85. The lowest BCUT2D eigenvalue weighted by Gasteiger charge is -2.31. The van der Waals surface area contributed by atoms with E-state index in [1.807, 2.05) is 17.1 Å². The standard InChI is InChI=1S/C16H22N4.ClH/c1-19(15-6-8-17-9-7-15)12-14-2-4-16(5-3-14)20-11-10-18-13-20;/h2-5,10-11,13,15,17H,6-9,12H2,1H3;1H. The number of hydrogen-bond acceptors (Lipinski definition) is 3. The molecule has 0 aliphatic carbocycles. The third kappa shape index (κ3) is 4.06. The van der Waals surface area contributed by atoms with Gasteiger partial charge in [-0.3, -0.25) is 4.90 Å². The Hall–Kier alpha value is -1.36. The highest BCUT2D eigenvalue weighted by Crippen LogP contribution is 2.15. The summed E-state index contributed by atoms with van der Waals surface area (Å²) in [5, 5.41) is 3.42. The fourth-order valence-corrected chi connectivity index (χ4v) is 2.85. The Kier molecular flexibility index (Phi) is 5.79. The minimum absolute atomic E-state index is 0. The predicted octanol–water partition coefficient (Wildman–Crippen LogP) is 2.48. The number of imidazole rings is 1. The van der Waals surface area contributed by atoms with E-state index in [4.69, 9.17) is 0 Å². The van der Waals surface area contributed by atoms with E-state index in [0.29, 0.717) is 6.04 Å². The van der Waals surface area contributed by atoms with Crippen molar-refractivity contribution in [2.24, 2.45) is 0 Å². The topological polar surface area (TPSA) is 33.1 Å². The van der Waals surface area contributed by atoms with Crippen molar-refractivity contribution in [3.8, 4) is 5.69 Å². The van der Waals surface area contributed by atoms with Gasteiger partial charge in [-0.2, -0.15) is 0 Å². The number of hydrogen-bond donors (Lipinski definition) is 1. The molecule has 114 valence electrons. The van der Waals surface area contributed by atoms with Crippen LogP contribution in [0.1, 0.15) is 18.4 Å². The Bertz CT molecular complexity index is 518. The van der Waals surface area contributed by atoms with Crippen LogP contribution in [0.25, 0.3) is 5.69 Å². The smallest absolute Gasteiger partial charge is 0.0991 e. The highest BCUT2D eigenvalue weighted by atomic mass is 35.5. The number of piperidine rings is 1. The summed E-state index contributed by atoms with van der Waals surface area (Å²) >= 11 is 0. The molecule has 2 aromatic rings. The van der Waals surface area contributed by atoms with Gasteiger partial charge in [0.05, 0.1) is 6.33 Å². The van der Waals surface area contributed by atoms with Gasteiger partial charge in [0.15, 0.2) is 0 Å². The van der Waals surface area contributed by atoms with Crippen molar-refractivity contribution in [2.75, 3.05) is 20.1 Å². The largest absolute Gasteiger partial charge is 0.317 e. The zero-order chi connectivity index (χ0) is 13.8. The molecule has 2 heterocycles. The second-order valence-electron chi connectivity index (χ2n) is 5.53. The molecule has 21 heavy (non-hydrogen) atoms. The second-order valence-corrected chi connectivity index (χ2v) is 5.53. The van der Waals surface area contributed by atoms with Crippen LogP contribution in [0, 0.1) is 0 Å². The molecule has 4 nitrogen and oxygen atoms in total. The minimum atomic E-state index is 0. The van der Waals surface area contributed by atoms with E-state index >= 15 is 0 Å². The van der Waals surface area contributed by atoms with E-state index in [9.17, 15) is 0 Å². The van der Waals surface area contributed by atoms with Gasteiger partial charge in [0.25, 0.3) is 0 Å². The average molecular weight is 307 g/mol. The summed E-state index contributed by atoms with van der Waals surface area (Å²) in [5.41, 5.74) is 2.53. The predicted molar refractivity (Wildman–Crippen MR) is 88.2 cm³/mol. The molecule has 0 bridgehead atoms. The van der Waals surface area contributed by atoms with Crippen LogP contribution in [-0.4, -0.2) is 40.6 Å². The molecule has 0 spiro atoms. The van der Waals surface area contributed by atoms with E-state index in [2.05, 4.69) is 46.5 Å². The maximum atomic E-state index is 4.08. The molecule has 1 aliphatic heterocycles. The Morgan fingerprint density at radius 3 is 2.57 bits per heavy atom. The molecule has 1 N–H and O–H groups in total. The first kappa shape index (κ1) is 16.0. The van der Waals surface area contributed by atoms with Gasteiger partial charge in [-0.25, -0.2) is 4.98 Å². The van der Waals surface area contributed by atoms with E-state index in [0.717, 1.165) is 25.3 Å². The van der Waals surface area contributed by atoms with Crippen molar-refractivity contribution in [2.45, 2.75) is 25.4 Å². The van der Waals surface area contributed by atoms with E-state index < -0.39 is 0 Å². The molecule has 0 amide bonds. The average Bonchev–Trinajstić information content (AvgIpc) is 3.03. The van der Waals surface area contributed by atoms with Crippen molar-refractivity contribution in [1.82, 2.24) is 19.8 Å². The number of benzene rings is 1. The van der Waals surface area contributed by atoms with Gasteiger partial charge in [-0.1, -0.05) is 12.1 Å². The minimum Gasteiger partial charge on any atom is -0.317 e. The summed E-state index contributed by atoms with van der Waals surface area (Å²) < 4.78 is 2.03. The van der Waals surface area contributed by atoms with Crippen LogP contribution in [0.15, 0.2) is 43.0 Å². The molecule has 1 aromatic carbocycles. The van der Waals surface area contributed by atoms with Crippen molar-refractivity contribution in [1.29, 1.82) is 0 Å². The Morgan fingerprint density at radius 1 is 1.24 bits per heavy atom. The molecule has 0 atom stereocenters. The Morgan fingerprint density at radius 2 is 1.95 bits per heavy atom. The summed E-state index contributed by atoms with van der Waals surface area (Å²) in [6, 6.07) is 9.46. The summed E-state index contributed by atoms with van der Waals surface area (Å²) in [7, 11) is 2.24. The summed E-state index contributed by atoms with van der Waals surface area (Å²) in [6.45, 7) is 3.32. The first-order chi connectivity index (χ1) is 9.83. The van der Waals surface area contributed by atoms with Crippen molar-refractivity contribution >= 4 is 12.4 Å². The SMILES string of the molecule is CN(Cc1ccc(-n2ccnc2)cc1)C1CCNCC1.Cl. The molecule has 0 saturated carbocycles. The summed E-state index contributed by atoms with van der Waals surface area (Å²) in [5.74, 6) is 0. The Labute approximate surface area is 132 Å². The maximum absolute atomic E-state index is 4.08. The number of aromatic nitrogens is 2. The molecule has 1 aromatic heterocycles. The maximum Gasteiger partial charge on any atom is 0.0991 e. The van der Waals surface area contributed by atoms with Gasteiger partial charge in [0.1, 0.15) is 0 Å². The third-order valence-electron chi connectivity index (χ3n) is 4.10. The first-order valence-electron chi connectivity index (χ1n) is 7.31. The van der Waals surface area contributed by atoms with Gasteiger partial charge in [0, 0.05) is 30.7 Å². The van der Waals surface area contributed by atoms with Crippen LogP contribution in [0.3, 0.4) is 0 Å². The summed E-state index contributed by atoms with van der Waals surface area (Å²) in [4.78, 5) is 6.56. The van der Waals surface area contributed by atoms with Crippen LogP contribution in [0.5, 0.6) is 0 Å². The zero-order valence-corrected chi connectivity index (χ0v) is 13.2. The van der Waals surface area contributed by atoms with Crippen molar-refractivity contribution in [3.05, 3.63) is 48.5 Å². The highest BCUT2D eigenvalue weighted by Gasteiger charge is 2.17. The van der Waals surface area contributed by atoms with Crippen molar-refractivity contribution in [3.63, 3.8) is 0 Å². The van der Waals surface area contributed by atoms with Gasteiger partial charge in [-0.05, 0) is 50.7 Å². The van der Waals surface area contributed by atoms with Crippen LogP contribution in [-0.2, 0) is 6.54 Å². The van der Waals surface area contributed by atoms with Crippen molar-refractivity contribution < 1.29 is 0 Å². The van der Waals surface area contributed by atoms with E-state index in [1.54, 1.807) is 6.20 Å². The van der Waals surface area contributed by atoms with Crippen LogP contribution in [0.2, 0.25) is 0 Å². The molecule has 0 radical (unpaired) electrons. The molecular weight excluding hydrogens is 284 g/mol. The van der Waals surface area contributed by atoms with Gasteiger partial charge in [0.2, 0.25) is 0 Å². The molecule has 1 fully saturated rings. The van der Waals surface area contributed by atoms with E-state index in [-0.39, 0.29) is 12.4 Å². The lowest BCUT2D eigenvalue weighted by Crippen LogP contribution is -2.40. The van der Waals surface area contributed by atoms with Gasteiger partial charge < -0.3 is 9.88 Å². The monoisotopic (exact) mass is 306 g/mol. The van der Waals surface area contributed by atoms with Gasteiger partial charge in [-0.15, -0.1) is 12.4 Å². The Balaban J connectivity index is 0.00000161. The summed E-state index contributed by atoms with van der Waals surface area (Å²) in [6.07, 6.45) is 8.11. The molecular formula is C16H23ClN4. The quantitative estimate of drug-likeness (QED) is 0.942. The molecule has 1 aliphatic rings. The van der Waals surface area contributed by atoms with Gasteiger partial charge >= 0.3 is 0 Å². The first-order valence-corrected chi connectivity index (χ1v) is 7.31. The number of halogens is 1. The molecule has 1 saturated heterocycles. The normalized spacial score (nSPS) is 15.9. The number of nitrogens with zero attached hydrogens (tertiary/aromatic N) is 3. The molecule has 5 heteroatoms. The van der Waals surface area contributed by atoms with Crippen LogP contribution >= 0.6 is 12.4 Å². The van der Waals surface area contributed by atoms with E-state index in [1.165, 1.54) is 18.4 Å². The third-order valence-corrected chi connectivity index (χ3v) is 4.10. The zero-order valence-electron chi connectivity index (χ0n) is 12.4. The number of nitrogens with one attached hydrogen (secondary N) is 1.